The second-order valence-electron chi connectivity index (χ2n) is 5.14. The summed E-state index contributed by atoms with van der Waals surface area (Å²) < 4.78 is 0. The fourth-order valence-electron chi connectivity index (χ4n) is 2.36. The Hall–Kier alpha value is -2.24. The molecule has 0 unspecified atom stereocenters. The van der Waals surface area contributed by atoms with Gasteiger partial charge in [0, 0.05) is 15.7 Å². The minimum Gasteiger partial charge on any atom is -0.372 e. The van der Waals surface area contributed by atoms with E-state index in [2.05, 4.69) is 16.0 Å². The van der Waals surface area contributed by atoms with E-state index in [1.54, 1.807) is 24.3 Å². The summed E-state index contributed by atoms with van der Waals surface area (Å²) in [5, 5.41) is 9.37. The lowest BCUT2D eigenvalue weighted by Gasteiger charge is -2.26. The van der Waals surface area contributed by atoms with E-state index in [0.29, 0.717) is 21.4 Å². The third kappa shape index (κ3) is 3.75. The summed E-state index contributed by atoms with van der Waals surface area (Å²) in [4.78, 5) is 24.2. The van der Waals surface area contributed by atoms with Crippen LogP contribution in [0.3, 0.4) is 0 Å². The number of fused-ring (bicyclic) bond motifs is 1. The first-order chi connectivity index (χ1) is 11.0. The lowest BCUT2D eigenvalue weighted by Crippen LogP contribution is -2.41. The maximum Gasteiger partial charge on any atom is 0.247 e. The van der Waals surface area contributed by atoms with Crippen LogP contribution >= 0.6 is 23.2 Å². The van der Waals surface area contributed by atoms with Crippen LogP contribution in [0.25, 0.3) is 0 Å². The first-order valence-corrected chi connectivity index (χ1v) is 7.69. The summed E-state index contributed by atoms with van der Waals surface area (Å²) in [5.74, 6) is -0.557. The molecule has 2 aromatic rings. The molecule has 1 aliphatic rings. The molecule has 0 aliphatic carbocycles. The van der Waals surface area contributed by atoms with Crippen LogP contribution in [0.5, 0.6) is 0 Å². The van der Waals surface area contributed by atoms with Gasteiger partial charge in [0.05, 0.1) is 17.8 Å². The first kappa shape index (κ1) is 15.6. The lowest BCUT2D eigenvalue weighted by atomic mass is 10.1. The van der Waals surface area contributed by atoms with Gasteiger partial charge in [0.2, 0.25) is 11.8 Å². The Kier molecular flexibility index (Phi) is 4.41. The molecule has 23 heavy (non-hydrogen) atoms. The van der Waals surface area contributed by atoms with E-state index in [1.165, 1.54) is 0 Å². The van der Waals surface area contributed by atoms with E-state index in [-0.39, 0.29) is 18.2 Å². The molecule has 5 nitrogen and oxygen atoms in total. The fourth-order valence-corrected chi connectivity index (χ4v) is 2.88. The van der Waals surface area contributed by atoms with Gasteiger partial charge in [-0.15, -0.1) is 0 Å². The number of para-hydroxylation sites is 2. The van der Waals surface area contributed by atoms with Gasteiger partial charge >= 0.3 is 0 Å². The first-order valence-electron chi connectivity index (χ1n) is 6.93. The van der Waals surface area contributed by atoms with Crippen LogP contribution in [0.15, 0.2) is 42.5 Å². The summed E-state index contributed by atoms with van der Waals surface area (Å²) in [5.41, 5.74) is 1.98. The van der Waals surface area contributed by atoms with Crippen molar-refractivity contribution in [1.29, 1.82) is 0 Å². The van der Waals surface area contributed by atoms with E-state index in [9.17, 15) is 9.59 Å². The van der Waals surface area contributed by atoms with Crippen molar-refractivity contribution in [2.75, 3.05) is 16.0 Å². The smallest absolute Gasteiger partial charge is 0.247 e. The van der Waals surface area contributed by atoms with Crippen molar-refractivity contribution >= 4 is 52.1 Å². The number of carbonyl (C=O) groups excluding carboxylic acids is 2. The van der Waals surface area contributed by atoms with Crippen molar-refractivity contribution in [3.8, 4) is 0 Å². The molecule has 2 aromatic carbocycles. The molecule has 0 fully saturated rings. The molecule has 118 valence electrons. The van der Waals surface area contributed by atoms with Crippen LogP contribution in [0.2, 0.25) is 10.0 Å². The summed E-state index contributed by atoms with van der Waals surface area (Å²) in [7, 11) is 0. The predicted molar refractivity (Wildman–Crippen MR) is 92.2 cm³/mol. The second-order valence-corrected chi connectivity index (χ2v) is 6.02. The minimum atomic E-state index is -0.639. The monoisotopic (exact) mass is 349 g/mol. The Balaban J connectivity index is 1.67. The molecular weight excluding hydrogens is 337 g/mol. The zero-order valence-corrected chi connectivity index (χ0v) is 13.4. The molecular formula is C16H13Cl2N3O2. The van der Waals surface area contributed by atoms with Gasteiger partial charge in [-0.2, -0.15) is 0 Å². The highest BCUT2D eigenvalue weighted by Crippen LogP contribution is 2.27. The van der Waals surface area contributed by atoms with E-state index < -0.39 is 6.04 Å². The number of nitrogens with one attached hydrogen (secondary N) is 3. The Labute approximate surface area is 143 Å². The summed E-state index contributed by atoms with van der Waals surface area (Å²) >= 11 is 11.8. The third-order valence-electron chi connectivity index (χ3n) is 3.37. The zero-order chi connectivity index (χ0) is 16.4. The molecule has 7 heteroatoms. The number of amides is 2. The maximum atomic E-state index is 12.1. The maximum absolute atomic E-state index is 12.1. The number of hydrogen-bond acceptors (Lipinski definition) is 3. The molecule has 0 bridgehead atoms. The Bertz CT molecular complexity index is 759. The number of carbonyl (C=O) groups is 2. The molecule has 0 spiro atoms. The quantitative estimate of drug-likeness (QED) is 0.790. The van der Waals surface area contributed by atoms with Gasteiger partial charge in [-0.05, 0) is 30.3 Å². The van der Waals surface area contributed by atoms with Crippen molar-refractivity contribution in [2.24, 2.45) is 0 Å². The van der Waals surface area contributed by atoms with Crippen LogP contribution in [0.4, 0.5) is 17.1 Å². The standard InChI is InChI=1S/C16H13Cl2N3O2/c17-9-5-10(18)7-11(6-9)19-15(22)8-14-16(23)21-13-4-2-1-3-12(13)20-14/h1-7,14,20H,8H2,(H,19,22)(H,21,23)/t14-/m0/s1. The largest absolute Gasteiger partial charge is 0.372 e. The van der Waals surface area contributed by atoms with E-state index in [4.69, 9.17) is 23.2 Å². The Morgan fingerprint density at radius 2 is 1.74 bits per heavy atom. The third-order valence-corrected chi connectivity index (χ3v) is 3.80. The van der Waals surface area contributed by atoms with Crippen molar-refractivity contribution in [2.45, 2.75) is 12.5 Å². The van der Waals surface area contributed by atoms with Gasteiger partial charge in [-0.25, -0.2) is 0 Å². The molecule has 0 saturated heterocycles. The molecule has 0 radical (unpaired) electrons. The van der Waals surface area contributed by atoms with Gasteiger partial charge in [-0.3, -0.25) is 9.59 Å². The van der Waals surface area contributed by atoms with Crippen molar-refractivity contribution in [1.82, 2.24) is 0 Å². The highest BCUT2D eigenvalue weighted by Gasteiger charge is 2.27. The van der Waals surface area contributed by atoms with Gasteiger partial charge < -0.3 is 16.0 Å². The summed E-state index contributed by atoms with van der Waals surface area (Å²) in [6.07, 6.45) is -0.00962. The molecule has 1 heterocycles. The van der Waals surface area contributed by atoms with Crippen molar-refractivity contribution in [3.63, 3.8) is 0 Å². The lowest BCUT2D eigenvalue weighted by molar-refractivity contribution is -0.122. The normalized spacial score (nSPS) is 16.1. The Morgan fingerprint density at radius 1 is 1.09 bits per heavy atom. The van der Waals surface area contributed by atoms with Crippen LogP contribution in [0, 0.1) is 0 Å². The highest BCUT2D eigenvalue weighted by atomic mass is 35.5. The average Bonchev–Trinajstić information content (AvgIpc) is 2.46. The molecule has 3 rings (SSSR count). The molecule has 2 amide bonds. The van der Waals surface area contributed by atoms with Crippen molar-refractivity contribution < 1.29 is 9.59 Å². The van der Waals surface area contributed by atoms with E-state index >= 15 is 0 Å². The van der Waals surface area contributed by atoms with Crippen LogP contribution in [-0.4, -0.2) is 17.9 Å². The van der Waals surface area contributed by atoms with Gasteiger partial charge in [0.15, 0.2) is 0 Å². The molecule has 1 aliphatic heterocycles. The number of rotatable bonds is 3. The predicted octanol–water partition coefficient (Wildman–Crippen LogP) is 3.75. The van der Waals surface area contributed by atoms with Crippen LogP contribution in [-0.2, 0) is 9.59 Å². The highest BCUT2D eigenvalue weighted by molar-refractivity contribution is 6.35. The van der Waals surface area contributed by atoms with Gasteiger partial charge in [0.25, 0.3) is 0 Å². The molecule has 0 saturated carbocycles. The molecule has 0 aromatic heterocycles. The van der Waals surface area contributed by atoms with Crippen molar-refractivity contribution in [3.05, 3.63) is 52.5 Å². The summed E-state index contributed by atoms with van der Waals surface area (Å²) in [6.45, 7) is 0. The topological polar surface area (TPSA) is 70.2 Å². The van der Waals surface area contributed by atoms with Crippen LogP contribution < -0.4 is 16.0 Å². The van der Waals surface area contributed by atoms with Gasteiger partial charge in [-0.1, -0.05) is 35.3 Å². The van der Waals surface area contributed by atoms with Gasteiger partial charge in [0.1, 0.15) is 6.04 Å². The number of anilines is 3. The number of hydrogen-bond donors (Lipinski definition) is 3. The number of halogens is 2. The molecule has 1 atom stereocenters. The SMILES string of the molecule is O=C(C[C@@H]1Nc2ccccc2NC1=O)Nc1cc(Cl)cc(Cl)c1. The number of benzene rings is 2. The fraction of sp³-hybridized carbons (Fsp3) is 0.125. The second kappa shape index (κ2) is 6.48. The minimum absolute atomic E-state index is 0.00962. The van der Waals surface area contributed by atoms with E-state index in [1.807, 2.05) is 18.2 Å². The van der Waals surface area contributed by atoms with Crippen LogP contribution in [0.1, 0.15) is 6.42 Å². The van der Waals surface area contributed by atoms with E-state index in [0.717, 1.165) is 5.69 Å². The summed E-state index contributed by atoms with van der Waals surface area (Å²) in [6, 6.07) is 11.4. The Morgan fingerprint density at radius 3 is 2.43 bits per heavy atom. The molecule has 3 N–H and O–H groups in total. The zero-order valence-electron chi connectivity index (χ0n) is 11.9. The average molecular weight is 350 g/mol.